The molecule has 4 nitrogen and oxygen atoms in total. The fourth-order valence-electron chi connectivity index (χ4n) is 2.00. The highest BCUT2D eigenvalue weighted by Crippen LogP contribution is 2.16. The Kier molecular flexibility index (Phi) is 7.85. The minimum atomic E-state index is 0.289. The van der Waals surface area contributed by atoms with E-state index in [9.17, 15) is 0 Å². The van der Waals surface area contributed by atoms with Gasteiger partial charge in [0.1, 0.15) is 16.8 Å². The number of hydrogen-bond donors (Lipinski definition) is 1. The fraction of sp³-hybridized carbons (Fsp3) is 0.733. The molecular formula is C15H27ClN4. The Bertz CT molecular complexity index is 391. The molecule has 0 atom stereocenters. The predicted octanol–water partition coefficient (Wildman–Crippen LogP) is 3.79. The highest BCUT2D eigenvalue weighted by atomic mass is 35.5. The molecule has 0 fully saturated rings. The van der Waals surface area contributed by atoms with Crippen LogP contribution in [0.2, 0.25) is 5.15 Å². The van der Waals surface area contributed by atoms with Gasteiger partial charge in [0.25, 0.3) is 0 Å². The molecule has 5 heteroatoms. The summed E-state index contributed by atoms with van der Waals surface area (Å²) in [6.45, 7) is 12.9. The summed E-state index contributed by atoms with van der Waals surface area (Å²) in [5, 5.41) is 3.85. The predicted molar refractivity (Wildman–Crippen MR) is 86.6 cm³/mol. The molecule has 1 aromatic heterocycles. The molecular weight excluding hydrogens is 272 g/mol. The van der Waals surface area contributed by atoms with Crippen molar-refractivity contribution in [2.45, 2.75) is 46.5 Å². The van der Waals surface area contributed by atoms with Gasteiger partial charge in [-0.1, -0.05) is 39.3 Å². The molecule has 1 heterocycles. The van der Waals surface area contributed by atoms with Crippen molar-refractivity contribution < 1.29 is 0 Å². The Morgan fingerprint density at radius 1 is 1.20 bits per heavy atom. The Hall–Kier alpha value is -0.870. The lowest BCUT2D eigenvalue weighted by atomic mass is 10.2. The van der Waals surface area contributed by atoms with E-state index >= 15 is 0 Å². The zero-order valence-corrected chi connectivity index (χ0v) is 13.9. The topological polar surface area (TPSA) is 41.0 Å². The fourth-order valence-corrected chi connectivity index (χ4v) is 2.19. The first-order valence-corrected chi connectivity index (χ1v) is 7.95. The SMILES string of the molecule is CCN(CC)CCCCNc1cc(Cl)nc(C(C)C)n1. The molecule has 0 radical (unpaired) electrons. The molecule has 0 unspecified atom stereocenters. The second kappa shape index (κ2) is 9.14. The van der Waals surface area contributed by atoms with Crippen LogP contribution in [0.25, 0.3) is 0 Å². The molecule has 1 N–H and O–H groups in total. The van der Waals surface area contributed by atoms with Crippen LogP contribution in [-0.2, 0) is 0 Å². The van der Waals surface area contributed by atoms with Crippen LogP contribution in [0.1, 0.15) is 52.3 Å². The number of nitrogens with zero attached hydrogens (tertiary/aromatic N) is 3. The van der Waals surface area contributed by atoms with Gasteiger partial charge in [0.2, 0.25) is 0 Å². The van der Waals surface area contributed by atoms with Crippen molar-refractivity contribution in [2.75, 3.05) is 31.5 Å². The first-order valence-electron chi connectivity index (χ1n) is 7.57. The van der Waals surface area contributed by atoms with E-state index < -0.39 is 0 Å². The summed E-state index contributed by atoms with van der Waals surface area (Å²) in [4.78, 5) is 11.2. The van der Waals surface area contributed by atoms with Crippen LogP contribution in [0.3, 0.4) is 0 Å². The molecule has 1 aromatic rings. The molecule has 0 spiro atoms. The van der Waals surface area contributed by atoms with Crippen molar-refractivity contribution in [3.8, 4) is 0 Å². The van der Waals surface area contributed by atoms with E-state index in [1.807, 2.05) is 0 Å². The number of anilines is 1. The van der Waals surface area contributed by atoms with Gasteiger partial charge >= 0.3 is 0 Å². The standard InChI is InChI=1S/C15H27ClN4/c1-5-20(6-2)10-8-7-9-17-14-11-13(16)18-15(19-14)12(3)4/h11-12H,5-10H2,1-4H3,(H,17,18,19). The molecule has 0 aromatic carbocycles. The highest BCUT2D eigenvalue weighted by Gasteiger charge is 2.06. The normalized spacial score (nSPS) is 11.3. The molecule has 0 bridgehead atoms. The third kappa shape index (κ3) is 6.06. The number of nitrogens with one attached hydrogen (secondary N) is 1. The summed E-state index contributed by atoms with van der Waals surface area (Å²) < 4.78 is 0. The van der Waals surface area contributed by atoms with Crippen molar-refractivity contribution in [3.63, 3.8) is 0 Å². The van der Waals surface area contributed by atoms with E-state index in [1.165, 1.54) is 6.42 Å². The Labute approximate surface area is 127 Å². The van der Waals surface area contributed by atoms with Crippen LogP contribution in [0, 0.1) is 0 Å². The summed E-state index contributed by atoms with van der Waals surface area (Å²) in [6, 6.07) is 1.79. The van der Waals surface area contributed by atoms with E-state index in [2.05, 4.69) is 47.9 Å². The van der Waals surface area contributed by atoms with Gasteiger partial charge in [0.15, 0.2) is 0 Å². The van der Waals surface area contributed by atoms with Gasteiger partial charge in [-0.15, -0.1) is 0 Å². The van der Waals surface area contributed by atoms with E-state index in [-0.39, 0.29) is 5.92 Å². The highest BCUT2D eigenvalue weighted by molar-refractivity contribution is 6.29. The van der Waals surface area contributed by atoms with Gasteiger partial charge in [-0.3, -0.25) is 0 Å². The molecule has 114 valence electrons. The maximum atomic E-state index is 6.02. The largest absolute Gasteiger partial charge is 0.370 e. The average molecular weight is 299 g/mol. The molecule has 0 saturated carbocycles. The van der Waals surface area contributed by atoms with Crippen LogP contribution in [0.15, 0.2) is 6.07 Å². The summed E-state index contributed by atoms with van der Waals surface area (Å²) in [7, 11) is 0. The van der Waals surface area contributed by atoms with E-state index in [4.69, 9.17) is 11.6 Å². The first kappa shape index (κ1) is 17.2. The maximum Gasteiger partial charge on any atom is 0.135 e. The quantitative estimate of drug-likeness (QED) is 0.556. The van der Waals surface area contributed by atoms with E-state index in [1.54, 1.807) is 6.07 Å². The van der Waals surface area contributed by atoms with E-state index in [0.29, 0.717) is 5.15 Å². The van der Waals surface area contributed by atoms with Crippen LogP contribution in [0.5, 0.6) is 0 Å². The molecule has 0 aliphatic heterocycles. The van der Waals surface area contributed by atoms with Crippen molar-refractivity contribution in [1.29, 1.82) is 0 Å². The second-order valence-electron chi connectivity index (χ2n) is 5.25. The average Bonchev–Trinajstić information content (AvgIpc) is 2.42. The third-order valence-electron chi connectivity index (χ3n) is 3.33. The zero-order valence-electron chi connectivity index (χ0n) is 13.1. The number of rotatable bonds is 9. The Balaban J connectivity index is 2.35. The van der Waals surface area contributed by atoms with Gasteiger partial charge in [-0.05, 0) is 32.5 Å². The minimum absolute atomic E-state index is 0.289. The lowest BCUT2D eigenvalue weighted by Gasteiger charge is -2.17. The summed E-state index contributed by atoms with van der Waals surface area (Å²) in [5.74, 6) is 1.91. The monoisotopic (exact) mass is 298 g/mol. The summed E-state index contributed by atoms with van der Waals surface area (Å²) in [6.07, 6.45) is 2.33. The molecule has 0 saturated heterocycles. The number of halogens is 1. The Morgan fingerprint density at radius 2 is 1.90 bits per heavy atom. The minimum Gasteiger partial charge on any atom is -0.370 e. The van der Waals surface area contributed by atoms with Crippen LogP contribution in [-0.4, -0.2) is 41.0 Å². The molecule has 0 aliphatic carbocycles. The van der Waals surface area contributed by atoms with Gasteiger partial charge in [-0.25, -0.2) is 9.97 Å². The first-order chi connectivity index (χ1) is 9.56. The van der Waals surface area contributed by atoms with Crippen LogP contribution >= 0.6 is 11.6 Å². The Morgan fingerprint density at radius 3 is 2.50 bits per heavy atom. The number of unbranched alkanes of at least 4 members (excludes halogenated alkanes) is 1. The van der Waals surface area contributed by atoms with Crippen molar-refractivity contribution in [3.05, 3.63) is 17.0 Å². The zero-order chi connectivity index (χ0) is 15.0. The van der Waals surface area contributed by atoms with Crippen LogP contribution < -0.4 is 5.32 Å². The van der Waals surface area contributed by atoms with Gasteiger partial charge < -0.3 is 10.2 Å². The van der Waals surface area contributed by atoms with Gasteiger partial charge in [0.05, 0.1) is 0 Å². The molecule has 1 rings (SSSR count). The third-order valence-corrected chi connectivity index (χ3v) is 3.52. The maximum absolute atomic E-state index is 6.02. The lowest BCUT2D eigenvalue weighted by molar-refractivity contribution is 0.298. The molecule has 0 amide bonds. The number of aromatic nitrogens is 2. The van der Waals surface area contributed by atoms with Gasteiger partial charge in [0, 0.05) is 18.5 Å². The van der Waals surface area contributed by atoms with Crippen molar-refractivity contribution in [2.24, 2.45) is 0 Å². The summed E-state index contributed by atoms with van der Waals surface area (Å²) in [5.41, 5.74) is 0. The van der Waals surface area contributed by atoms with Crippen molar-refractivity contribution in [1.82, 2.24) is 14.9 Å². The molecule has 0 aliphatic rings. The molecule has 20 heavy (non-hydrogen) atoms. The van der Waals surface area contributed by atoms with Gasteiger partial charge in [-0.2, -0.15) is 0 Å². The van der Waals surface area contributed by atoms with Crippen molar-refractivity contribution >= 4 is 17.4 Å². The number of hydrogen-bond acceptors (Lipinski definition) is 4. The lowest BCUT2D eigenvalue weighted by Crippen LogP contribution is -2.24. The summed E-state index contributed by atoms with van der Waals surface area (Å²) >= 11 is 6.02. The van der Waals surface area contributed by atoms with Crippen LogP contribution in [0.4, 0.5) is 5.82 Å². The van der Waals surface area contributed by atoms with E-state index in [0.717, 1.165) is 44.2 Å². The second-order valence-corrected chi connectivity index (χ2v) is 5.64. The smallest absolute Gasteiger partial charge is 0.135 e.